The van der Waals surface area contributed by atoms with E-state index < -0.39 is 5.97 Å². The number of carboxylic acid groups (broad SMARTS) is 1. The van der Waals surface area contributed by atoms with Crippen molar-refractivity contribution in [3.05, 3.63) is 11.6 Å². The first-order valence-electron chi connectivity index (χ1n) is 14.6. The summed E-state index contributed by atoms with van der Waals surface area (Å²) in [6, 6.07) is -0.269. The third-order valence-corrected chi connectivity index (χ3v) is 11.2. The maximum absolute atomic E-state index is 12.0. The Balaban J connectivity index is 0.000000286. The molecule has 4 fully saturated rings. The fourth-order valence-corrected chi connectivity index (χ4v) is 9.20. The van der Waals surface area contributed by atoms with Crippen LogP contribution in [0, 0.1) is 40.4 Å². The Morgan fingerprint density at radius 3 is 2.42 bits per heavy atom. The molecule has 6 heteroatoms. The molecule has 0 spiro atoms. The predicted molar refractivity (Wildman–Crippen MR) is 141 cm³/mol. The SMILES string of the molecule is C[C@H](CCC(=O)O)[C@H]1CC[C@H]2[C@@H]3CCC4=CC(=O)CC[C@]4(C)[C@H]3CC[C@]12C.NC(=O)N1CCCCC1. The first-order chi connectivity index (χ1) is 17.1. The molecular weight excluding hydrogens is 452 g/mol. The fraction of sp³-hybridized carbons (Fsp3) is 0.833. The highest BCUT2D eigenvalue weighted by atomic mass is 16.4. The molecule has 0 aromatic rings. The van der Waals surface area contributed by atoms with Gasteiger partial charge in [-0.05, 0) is 117 Å². The van der Waals surface area contributed by atoms with Gasteiger partial charge >= 0.3 is 12.0 Å². The van der Waals surface area contributed by atoms with E-state index in [9.17, 15) is 14.4 Å². The standard InChI is InChI=1S/C24H36O3.C6H12N2O/c1-15(4-9-22(26)27)19-7-8-20-18-6-5-16-14-17(25)10-12-23(16,2)21(18)11-13-24(19,20)3;7-6(9)8-4-2-1-3-5-8/h14-15,18-21H,4-13H2,1-3H3,(H,26,27);1-5H2,(H2,7,9)/t15-,18+,19-,20+,21+,23+,24-;/m1./s1. The zero-order valence-corrected chi connectivity index (χ0v) is 22.8. The Labute approximate surface area is 217 Å². The second kappa shape index (κ2) is 10.9. The zero-order chi connectivity index (χ0) is 26.1. The van der Waals surface area contributed by atoms with Crippen LogP contribution >= 0.6 is 0 Å². The number of allylic oxidation sites excluding steroid dienone is 1. The molecule has 5 aliphatic rings. The molecule has 0 aromatic heterocycles. The molecule has 36 heavy (non-hydrogen) atoms. The van der Waals surface area contributed by atoms with Crippen LogP contribution in [0.25, 0.3) is 0 Å². The highest BCUT2D eigenvalue weighted by molar-refractivity contribution is 5.91. The van der Waals surface area contributed by atoms with Crippen LogP contribution in [-0.2, 0) is 9.59 Å². The largest absolute Gasteiger partial charge is 0.481 e. The highest BCUT2D eigenvalue weighted by Crippen LogP contribution is 2.67. The van der Waals surface area contributed by atoms with Gasteiger partial charge in [0.2, 0.25) is 0 Å². The number of fused-ring (bicyclic) bond motifs is 5. The molecule has 1 saturated heterocycles. The molecule has 202 valence electrons. The molecule has 0 aromatic carbocycles. The van der Waals surface area contributed by atoms with E-state index in [-0.39, 0.29) is 11.4 Å². The van der Waals surface area contributed by atoms with Crippen LogP contribution in [0.2, 0.25) is 0 Å². The van der Waals surface area contributed by atoms with Crippen molar-refractivity contribution in [2.45, 2.75) is 104 Å². The summed E-state index contributed by atoms with van der Waals surface area (Å²) in [6.07, 6.45) is 16.0. The number of ketones is 1. The fourth-order valence-electron chi connectivity index (χ4n) is 9.20. The predicted octanol–water partition coefficient (Wildman–Crippen LogP) is 6.19. The van der Waals surface area contributed by atoms with E-state index in [0.29, 0.717) is 29.5 Å². The Morgan fingerprint density at radius 2 is 1.78 bits per heavy atom. The van der Waals surface area contributed by atoms with Gasteiger partial charge in [-0.3, -0.25) is 9.59 Å². The Kier molecular flexibility index (Phi) is 8.21. The summed E-state index contributed by atoms with van der Waals surface area (Å²) in [5, 5.41) is 9.08. The number of carbonyl (C=O) groups excluding carboxylic acids is 2. The molecule has 6 nitrogen and oxygen atoms in total. The van der Waals surface area contributed by atoms with Gasteiger partial charge in [0.25, 0.3) is 0 Å². The number of primary amides is 1. The van der Waals surface area contributed by atoms with Crippen molar-refractivity contribution in [1.82, 2.24) is 4.90 Å². The van der Waals surface area contributed by atoms with Crippen molar-refractivity contribution >= 4 is 17.8 Å². The van der Waals surface area contributed by atoms with Crippen LogP contribution in [0.3, 0.4) is 0 Å². The number of urea groups is 1. The third-order valence-electron chi connectivity index (χ3n) is 11.2. The molecular formula is C30H48N2O4. The first-order valence-corrected chi connectivity index (χ1v) is 14.6. The van der Waals surface area contributed by atoms with E-state index in [1.165, 1.54) is 44.1 Å². The minimum absolute atomic E-state index is 0.255. The van der Waals surface area contributed by atoms with Gasteiger partial charge in [-0.25, -0.2) is 4.79 Å². The van der Waals surface area contributed by atoms with Gasteiger partial charge in [-0.2, -0.15) is 0 Å². The van der Waals surface area contributed by atoms with E-state index in [0.717, 1.165) is 69.4 Å². The molecule has 1 aliphatic heterocycles. The number of nitrogens with zero attached hydrogens (tertiary/aromatic N) is 1. The van der Waals surface area contributed by atoms with E-state index in [2.05, 4.69) is 20.8 Å². The maximum atomic E-state index is 12.0. The van der Waals surface area contributed by atoms with Gasteiger partial charge in [0, 0.05) is 25.9 Å². The van der Waals surface area contributed by atoms with E-state index in [1.807, 2.05) is 6.08 Å². The number of nitrogens with two attached hydrogens (primary N) is 1. The number of piperidine rings is 1. The quantitative estimate of drug-likeness (QED) is 0.481. The molecule has 1 heterocycles. The topological polar surface area (TPSA) is 101 Å². The van der Waals surface area contributed by atoms with E-state index in [1.54, 1.807) is 4.90 Å². The van der Waals surface area contributed by atoms with Crippen molar-refractivity contribution in [1.29, 1.82) is 0 Å². The monoisotopic (exact) mass is 500 g/mol. The second-order valence-corrected chi connectivity index (χ2v) is 13.0. The molecule has 5 rings (SSSR count). The minimum Gasteiger partial charge on any atom is -0.481 e. The van der Waals surface area contributed by atoms with E-state index >= 15 is 0 Å². The van der Waals surface area contributed by atoms with Crippen LogP contribution in [0.5, 0.6) is 0 Å². The summed E-state index contributed by atoms with van der Waals surface area (Å²) in [5.41, 5.74) is 7.15. The summed E-state index contributed by atoms with van der Waals surface area (Å²) >= 11 is 0. The van der Waals surface area contributed by atoms with Gasteiger partial charge in [-0.1, -0.05) is 26.3 Å². The van der Waals surface area contributed by atoms with Gasteiger partial charge in [0.1, 0.15) is 0 Å². The first kappa shape index (κ1) is 27.2. The Hall–Kier alpha value is -1.85. The highest BCUT2D eigenvalue weighted by Gasteiger charge is 2.59. The molecule has 0 unspecified atom stereocenters. The number of carboxylic acids is 1. The molecule has 3 N–H and O–H groups in total. The van der Waals surface area contributed by atoms with Gasteiger partial charge in [-0.15, -0.1) is 0 Å². The minimum atomic E-state index is -0.656. The summed E-state index contributed by atoms with van der Waals surface area (Å²) in [6.45, 7) is 8.99. The Bertz CT molecular complexity index is 878. The number of likely N-dealkylation sites (tertiary alicyclic amines) is 1. The molecule has 4 aliphatic carbocycles. The van der Waals surface area contributed by atoms with Crippen LogP contribution in [-0.4, -0.2) is 40.9 Å². The number of aliphatic carboxylic acids is 1. The van der Waals surface area contributed by atoms with Crippen LogP contribution in [0.4, 0.5) is 4.79 Å². The van der Waals surface area contributed by atoms with Gasteiger partial charge in [0.15, 0.2) is 5.78 Å². The van der Waals surface area contributed by atoms with Crippen molar-refractivity contribution < 1.29 is 19.5 Å². The molecule has 0 bridgehead atoms. The summed E-state index contributed by atoms with van der Waals surface area (Å²) in [7, 11) is 0. The second-order valence-electron chi connectivity index (χ2n) is 13.0. The summed E-state index contributed by atoms with van der Waals surface area (Å²) in [4.78, 5) is 35.2. The van der Waals surface area contributed by atoms with Crippen molar-refractivity contribution in [2.75, 3.05) is 13.1 Å². The molecule has 3 saturated carbocycles. The molecule has 0 radical (unpaired) electrons. The average Bonchev–Trinajstić information content (AvgIpc) is 3.21. The maximum Gasteiger partial charge on any atom is 0.314 e. The van der Waals surface area contributed by atoms with Gasteiger partial charge in [0.05, 0.1) is 0 Å². The van der Waals surface area contributed by atoms with Crippen molar-refractivity contribution in [3.63, 3.8) is 0 Å². The normalized spacial score (nSPS) is 38.5. The summed E-state index contributed by atoms with van der Waals surface area (Å²) in [5.74, 6) is 3.22. The lowest BCUT2D eigenvalue weighted by molar-refractivity contribution is -0.137. The lowest BCUT2D eigenvalue weighted by Crippen LogP contribution is -2.51. The zero-order valence-electron chi connectivity index (χ0n) is 22.8. The molecule has 7 atom stereocenters. The number of amides is 2. The smallest absolute Gasteiger partial charge is 0.314 e. The Morgan fingerprint density at radius 1 is 1.06 bits per heavy atom. The lowest BCUT2D eigenvalue weighted by atomic mass is 9.46. The van der Waals surface area contributed by atoms with Crippen LogP contribution < -0.4 is 5.73 Å². The summed E-state index contributed by atoms with van der Waals surface area (Å²) < 4.78 is 0. The number of rotatable bonds is 4. The van der Waals surface area contributed by atoms with Gasteiger partial charge < -0.3 is 15.7 Å². The third kappa shape index (κ3) is 5.24. The lowest BCUT2D eigenvalue weighted by Gasteiger charge is -2.58. The van der Waals surface area contributed by atoms with E-state index in [4.69, 9.17) is 10.8 Å². The van der Waals surface area contributed by atoms with Crippen LogP contribution in [0.1, 0.15) is 104 Å². The number of carbonyl (C=O) groups is 3. The molecule has 2 amide bonds. The van der Waals surface area contributed by atoms with Crippen molar-refractivity contribution in [2.24, 2.45) is 46.2 Å². The average molecular weight is 501 g/mol. The van der Waals surface area contributed by atoms with Crippen LogP contribution in [0.15, 0.2) is 11.6 Å². The van der Waals surface area contributed by atoms with Crippen molar-refractivity contribution in [3.8, 4) is 0 Å². The number of hydrogen-bond acceptors (Lipinski definition) is 3. The number of hydrogen-bond donors (Lipinski definition) is 2.